The second-order valence-electron chi connectivity index (χ2n) is 4.39. The Kier molecular flexibility index (Phi) is 4.57. The molecule has 7 heteroatoms. The van der Waals surface area contributed by atoms with Crippen LogP contribution in [0, 0.1) is 13.8 Å². The Hall–Kier alpha value is -1.66. The number of carbonyl (C=O) groups excluding carboxylic acids is 1. The number of aromatic nitrogens is 2. The molecular weight excluding hydrogens is 298 g/mol. The minimum Gasteiger partial charge on any atom is -0.340 e. The van der Waals surface area contributed by atoms with Crippen LogP contribution in [0.25, 0.3) is 0 Å². The number of anilines is 1. The first-order valence-electron chi connectivity index (χ1n) is 5.98. The van der Waals surface area contributed by atoms with Crippen LogP contribution < -0.4 is 10.7 Å². The normalized spacial score (nSPS) is 10.6. The summed E-state index contributed by atoms with van der Waals surface area (Å²) in [6.45, 7) is 3.75. The fourth-order valence-electron chi connectivity index (χ4n) is 1.86. The number of amides is 1. The Bertz CT molecular complexity index is 667. The van der Waals surface area contributed by atoms with Gasteiger partial charge in [-0.15, -0.1) is 22.9 Å². The standard InChI is InChI=1S/C13H14ClN3O2S/c1-8-3-11(18)4-9(2)17(8)6-12(19)16-13-15-10(5-14)7-20-13/h3-4,7H,5-6H2,1-2H3,(H,15,16,19). The van der Waals surface area contributed by atoms with Crippen molar-refractivity contribution in [1.29, 1.82) is 0 Å². The Morgan fingerprint density at radius 3 is 2.60 bits per heavy atom. The molecule has 1 amide bonds. The summed E-state index contributed by atoms with van der Waals surface area (Å²) in [7, 11) is 0. The van der Waals surface area contributed by atoms with Crippen molar-refractivity contribution in [2.45, 2.75) is 26.3 Å². The molecular formula is C13H14ClN3O2S. The zero-order valence-corrected chi connectivity index (χ0v) is 12.7. The molecule has 106 valence electrons. The number of halogens is 1. The zero-order chi connectivity index (χ0) is 14.7. The summed E-state index contributed by atoms with van der Waals surface area (Å²) < 4.78 is 1.78. The van der Waals surface area contributed by atoms with Crippen LogP contribution in [0.1, 0.15) is 17.1 Å². The highest BCUT2D eigenvalue weighted by Gasteiger charge is 2.09. The van der Waals surface area contributed by atoms with Gasteiger partial charge in [-0.3, -0.25) is 9.59 Å². The minimum atomic E-state index is -0.185. The van der Waals surface area contributed by atoms with E-state index in [4.69, 9.17) is 11.6 Å². The summed E-state index contributed by atoms with van der Waals surface area (Å²) in [4.78, 5) is 27.5. The van der Waals surface area contributed by atoms with E-state index in [1.165, 1.54) is 23.5 Å². The molecule has 0 fully saturated rings. The molecule has 0 bridgehead atoms. The first kappa shape index (κ1) is 14.7. The van der Waals surface area contributed by atoms with Crippen molar-refractivity contribution in [3.05, 3.63) is 44.8 Å². The van der Waals surface area contributed by atoms with Crippen LogP contribution in [-0.2, 0) is 17.2 Å². The molecule has 0 unspecified atom stereocenters. The quantitative estimate of drug-likeness (QED) is 0.881. The molecule has 0 aliphatic carbocycles. The van der Waals surface area contributed by atoms with Gasteiger partial charge in [0.2, 0.25) is 5.91 Å². The number of nitrogens with one attached hydrogen (secondary N) is 1. The lowest BCUT2D eigenvalue weighted by atomic mass is 10.3. The molecule has 2 aromatic rings. The van der Waals surface area contributed by atoms with E-state index >= 15 is 0 Å². The number of hydrogen-bond donors (Lipinski definition) is 1. The monoisotopic (exact) mass is 311 g/mol. The van der Waals surface area contributed by atoms with Gasteiger partial charge in [0.25, 0.3) is 0 Å². The van der Waals surface area contributed by atoms with Gasteiger partial charge in [-0.25, -0.2) is 4.98 Å². The van der Waals surface area contributed by atoms with Crippen LogP contribution >= 0.6 is 22.9 Å². The molecule has 2 heterocycles. The number of pyridine rings is 1. The van der Waals surface area contributed by atoms with Crippen molar-refractivity contribution in [3.63, 3.8) is 0 Å². The van der Waals surface area contributed by atoms with Crippen molar-refractivity contribution in [2.75, 3.05) is 5.32 Å². The maximum atomic E-state index is 12.0. The molecule has 0 aliphatic rings. The second-order valence-corrected chi connectivity index (χ2v) is 5.51. The number of nitrogens with zero attached hydrogens (tertiary/aromatic N) is 2. The van der Waals surface area contributed by atoms with Gasteiger partial charge in [0.1, 0.15) is 6.54 Å². The number of rotatable bonds is 4. The smallest absolute Gasteiger partial charge is 0.246 e. The summed E-state index contributed by atoms with van der Waals surface area (Å²) >= 11 is 7.00. The van der Waals surface area contributed by atoms with Gasteiger partial charge < -0.3 is 9.88 Å². The van der Waals surface area contributed by atoms with Gasteiger partial charge in [-0.1, -0.05) is 0 Å². The van der Waals surface area contributed by atoms with Gasteiger partial charge in [0, 0.05) is 28.9 Å². The second kappa shape index (κ2) is 6.19. The first-order chi connectivity index (χ1) is 9.49. The molecule has 20 heavy (non-hydrogen) atoms. The van der Waals surface area contributed by atoms with E-state index in [2.05, 4.69) is 10.3 Å². The third-order valence-electron chi connectivity index (χ3n) is 2.79. The van der Waals surface area contributed by atoms with E-state index in [9.17, 15) is 9.59 Å². The lowest BCUT2D eigenvalue weighted by Gasteiger charge is -2.13. The van der Waals surface area contributed by atoms with Crippen molar-refractivity contribution in [2.24, 2.45) is 0 Å². The van der Waals surface area contributed by atoms with E-state index in [0.29, 0.717) is 11.0 Å². The predicted molar refractivity (Wildman–Crippen MR) is 80.5 cm³/mol. The van der Waals surface area contributed by atoms with E-state index in [1.807, 2.05) is 0 Å². The van der Waals surface area contributed by atoms with Crippen molar-refractivity contribution in [1.82, 2.24) is 9.55 Å². The average Bonchev–Trinajstić information content (AvgIpc) is 2.81. The van der Waals surface area contributed by atoms with Crippen LogP contribution in [0.15, 0.2) is 22.3 Å². The fraction of sp³-hybridized carbons (Fsp3) is 0.308. The molecule has 0 atom stereocenters. The van der Waals surface area contributed by atoms with Crippen LogP contribution in [0.5, 0.6) is 0 Å². The Morgan fingerprint density at radius 2 is 2.05 bits per heavy atom. The van der Waals surface area contributed by atoms with E-state index in [0.717, 1.165) is 17.1 Å². The Morgan fingerprint density at radius 1 is 1.40 bits per heavy atom. The third kappa shape index (κ3) is 3.46. The van der Waals surface area contributed by atoms with E-state index in [-0.39, 0.29) is 17.9 Å². The number of aryl methyl sites for hydroxylation is 2. The molecule has 5 nitrogen and oxygen atoms in total. The minimum absolute atomic E-state index is 0.0525. The first-order valence-corrected chi connectivity index (χ1v) is 7.39. The molecule has 0 saturated heterocycles. The van der Waals surface area contributed by atoms with Crippen LogP contribution in [0.3, 0.4) is 0 Å². The number of alkyl halides is 1. The van der Waals surface area contributed by atoms with Gasteiger partial charge in [0.05, 0.1) is 11.6 Å². The average molecular weight is 312 g/mol. The SMILES string of the molecule is Cc1cc(=O)cc(C)n1CC(=O)Nc1nc(CCl)cs1. The molecule has 2 rings (SSSR count). The highest BCUT2D eigenvalue weighted by Crippen LogP contribution is 2.16. The molecule has 0 spiro atoms. The van der Waals surface area contributed by atoms with Crippen molar-refractivity contribution in [3.8, 4) is 0 Å². The summed E-state index contributed by atoms with van der Waals surface area (Å²) in [5.41, 5.74) is 2.20. The van der Waals surface area contributed by atoms with Gasteiger partial charge in [-0.05, 0) is 13.8 Å². The number of thiazole rings is 1. The summed E-state index contributed by atoms with van der Waals surface area (Å²) in [6, 6.07) is 3.02. The molecule has 0 aromatic carbocycles. The summed E-state index contributed by atoms with van der Waals surface area (Å²) in [6.07, 6.45) is 0. The Balaban J connectivity index is 2.10. The topological polar surface area (TPSA) is 64.0 Å². The largest absolute Gasteiger partial charge is 0.340 e. The van der Waals surface area contributed by atoms with E-state index in [1.54, 1.807) is 23.8 Å². The molecule has 1 N–H and O–H groups in total. The number of carbonyl (C=O) groups is 1. The van der Waals surface area contributed by atoms with Crippen LogP contribution in [-0.4, -0.2) is 15.5 Å². The third-order valence-corrected chi connectivity index (χ3v) is 3.87. The lowest BCUT2D eigenvalue weighted by molar-refractivity contribution is -0.116. The lowest BCUT2D eigenvalue weighted by Crippen LogP contribution is -2.23. The molecule has 2 aromatic heterocycles. The van der Waals surface area contributed by atoms with Crippen molar-refractivity contribution >= 4 is 34.0 Å². The maximum absolute atomic E-state index is 12.0. The highest BCUT2D eigenvalue weighted by molar-refractivity contribution is 7.13. The maximum Gasteiger partial charge on any atom is 0.246 e. The summed E-state index contributed by atoms with van der Waals surface area (Å²) in [5, 5.41) is 5.06. The molecule has 0 radical (unpaired) electrons. The predicted octanol–water partition coefficient (Wildman–Crippen LogP) is 2.30. The number of hydrogen-bond acceptors (Lipinski definition) is 4. The van der Waals surface area contributed by atoms with Crippen LogP contribution in [0.2, 0.25) is 0 Å². The molecule has 0 aliphatic heterocycles. The highest BCUT2D eigenvalue weighted by atomic mass is 35.5. The molecule has 0 saturated carbocycles. The van der Waals surface area contributed by atoms with Gasteiger partial charge >= 0.3 is 0 Å². The van der Waals surface area contributed by atoms with Gasteiger partial charge in [0.15, 0.2) is 10.6 Å². The van der Waals surface area contributed by atoms with E-state index < -0.39 is 0 Å². The van der Waals surface area contributed by atoms with Gasteiger partial charge in [-0.2, -0.15) is 0 Å². The Labute approximate surface area is 125 Å². The van der Waals surface area contributed by atoms with Crippen molar-refractivity contribution < 1.29 is 4.79 Å². The zero-order valence-electron chi connectivity index (χ0n) is 11.1. The fourth-order valence-corrected chi connectivity index (χ4v) is 2.82. The summed E-state index contributed by atoms with van der Waals surface area (Å²) in [5.74, 6) is 0.139. The van der Waals surface area contributed by atoms with Crippen LogP contribution in [0.4, 0.5) is 5.13 Å².